The summed E-state index contributed by atoms with van der Waals surface area (Å²) >= 11 is 0. The quantitative estimate of drug-likeness (QED) is 0.775. The van der Waals surface area contributed by atoms with E-state index < -0.39 is 5.97 Å². The topological polar surface area (TPSA) is 78.9 Å². The van der Waals surface area contributed by atoms with Crippen LogP contribution in [-0.2, 0) is 9.53 Å². The van der Waals surface area contributed by atoms with Crippen LogP contribution in [0.2, 0.25) is 0 Å². The predicted octanol–water partition coefficient (Wildman–Crippen LogP) is 0.673. The Morgan fingerprint density at radius 1 is 1.28 bits per heavy atom. The van der Waals surface area contributed by atoms with Crippen LogP contribution >= 0.6 is 0 Å². The second-order valence-electron chi connectivity index (χ2n) is 5.18. The summed E-state index contributed by atoms with van der Waals surface area (Å²) in [4.78, 5) is 24.4. The van der Waals surface area contributed by atoms with Crippen molar-refractivity contribution in [3.63, 3.8) is 0 Å². The van der Waals surface area contributed by atoms with Gasteiger partial charge in [-0.15, -0.1) is 0 Å². The zero-order chi connectivity index (χ0) is 13.0. The molecule has 6 nitrogen and oxygen atoms in total. The molecule has 0 spiro atoms. The summed E-state index contributed by atoms with van der Waals surface area (Å²) in [7, 11) is 0. The monoisotopic (exact) mass is 256 g/mol. The number of carbonyl (C=O) groups excluding carboxylic acids is 1. The fourth-order valence-corrected chi connectivity index (χ4v) is 2.55. The Hall–Kier alpha value is -1.30. The first kappa shape index (κ1) is 13.1. The zero-order valence-electron chi connectivity index (χ0n) is 10.5. The molecule has 0 radical (unpaired) electrons. The van der Waals surface area contributed by atoms with Crippen molar-refractivity contribution < 1.29 is 19.4 Å². The Morgan fingerprint density at radius 3 is 2.44 bits per heavy atom. The standard InChI is InChI=1S/C12H20N2O4/c15-10(16)8-12(2-1-3-12)9-13-11(17)14-4-6-18-7-5-14/h1-9H2,(H,13,17)(H,15,16). The third-order valence-electron chi connectivity index (χ3n) is 3.85. The van der Waals surface area contributed by atoms with Gasteiger partial charge in [-0.3, -0.25) is 4.79 Å². The highest BCUT2D eigenvalue weighted by atomic mass is 16.5. The minimum atomic E-state index is -0.782. The van der Waals surface area contributed by atoms with E-state index in [4.69, 9.17) is 9.84 Å². The SMILES string of the molecule is O=C(O)CC1(CNC(=O)N2CCOCC2)CCC1. The molecule has 0 atom stereocenters. The summed E-state index contributed by atoms with van der Waals surface area (Å²) in [5.74, 6) is -0.782. The number of morpholine rings is 1. The van der Waals surface area contributed by atoms with Crippen LogP contribution in [0.1, 0.15) is 25.7 Å². The maximum absolute atomic E-state index is 11.9. The van der Waals surface area contributed by atoms with Crippen LogP contribution in [0.15, 0.2) is 0 Å². The molecule has 2 N–H and O–H groups in total. The van der Waals surface area contributed by atoms with E-state index in [1.54, 1.807) is 4.90 Å². The van der Waals surface area contributed by atoms with E-state index in [1.807, 2.05) is 0 Å². The molecule has 2 aliphatic rings. The van der Waals surface area contributed by atoms with Crippen molar-refractivity contribution in [1.82, 2.24) is 10.2 Å². The predicted molar refractivity (Wildman–Crippen MR) is 64.3 cm³/mol. The van der Waals surface area contributed by atoms with Crippen molar-refractivity contribution in [3.05, 3.63) is 0 Å². The Kier molecular flexibility index (Phi) is 4.06. The lowest BCUT2D eigenvalue weighted by molar-refractivity contribution is -0.141. The second kappa shape index (κ2) is 5.56. The lowest BCUT2D eigenvalue weighted by atomic mass is 9.66. The van der Waals surface area contributed by atoms with Gasteiger partial charge >= 0.3 is 12.0 Å². The first-order chi connectivity index (χ1) is 8.61. The maximum atomic E-state index is 11.9. The molecular formula is C12H20N2O4. The van der Waals surface area contributed by atoms with Crippen molar-refractivity contribution in [3.8, 4) is 0 Å². The lowest BCUT2D eigenvalue weighted by Crippen LogP contribution is -2.50. The summed E-state index contributed by atoms with van der Waals surface area (Å²) in [6.07, 6.45) is 2.99. The molecule has 2 rings (SSSR count). The fraction of sp³-hybridized carbons (Fsp3) is 0.833. The largest absolute Gasteiger partial charge is 0.481 e. The van der Waals surface area contributed by atoms with E-state index in [0.29, 0.717) is 32.8 Å². The van der Waals surface area contributed by atoms with Crippen molar-refractivity contribution >= 4 is 12.0 Å². The molecule has 0 aromatic carbocycles. The van der Waals surface area contributed by atoms with Gasteiger partial charge in [-0.05, 0) is 18.3 Å². The number of carboxylic acids is 1. The number of carboxylic acid groups (broad SMARTS) is 1. The minimum absolute atomic E-state index is 0.102. The number of urea groups is 1. The van der Waals surface area contributed by atoms with Crippen molar-refractivity contribution in [2.75, 3.05) is 32.8 Å². The minimum Gasteiger partial charge on any atom is -0.481 e. The van der Waals surface area contributed by atoms with Gasteiger partial charge in [0.2, 0.25) is 0 Å². The number of nitrogens with one attached hydrogen (secondary N) is 1. The first-order valence-corrected chi connectivity index (χ1v) is 6.44. The second-order valence-corrected chi connectivity index (χ2v) is 5.18. The number of aliphatic carboxylic acids is 1. The number of amides is 2. The molecular weight excluding hydrogens is 236 g/mol. The highest BCUT2D eigenvalue weighted by Gasteiger charge is 2.39. The highest BCUT2D eigenvalue weighted by molar-refractivity contribution is 5.74. The van der Waals surface area contributed by atoms with Gasteiger partial charge in [-0.1, -0.05) is 6.42 Å². The fourth-order valence-electron chi connectivity index (χ4n) is 2.55. The number of hydrogen-bond donors (Lipinski definition) is 2. The summed E-state index contributed by atoms with van der Waals surface area (Å²) in [5, 5.41) is 11.8. The Labute approximate surface area is 106 Å². The number of rotatable bonds is 4. The number of nitrogens with zero attached hydrogens (tertiary/aromatic N) is 1. The van der Waals surface area contributed by atoms with E-state index in [-0.39, 0.29) is 17.9 Å². The van der Waals surface area contributed by atoms with Gasteiger partial charge in [0.1, 0.15) is 0 Å². The summed E-state index contributed by atoms with van der Waals surface area (Å²) < 4.78 is 5.18. The van der Waals surface area contributed by atoms with E-state index in [1.165, 1.54) is 0 Å². The molecule has 18 heavy (non-hydrogen) atoms. The van der Waals surface area contributed by atoms with Crippen LogP contribution in [0.3, 0.4) is 0 Å². The number of carbonyl (C=O) groups is 2. The van der Waals surface area contributed by atoms with Crippen molar-refractivity contribution in [2.24, 2.45) is 5.41 Å². The molecule has 6 heteroatoms. The molecule has 1 heterocycles. The molecule has 0 unspecified atom stereocenters. The molecule has 2 fully saturated rings. The van der Waals surface area contributed by atoms with E-state index in [0.717, 1.165) is 19.3 Å². The average Bonchev–Trinajstić information content (AvgIpc) is 2.32. The molecule has 0 aromatic heterocycles. The Bertz CT molecular complexity index is 322. The number of ether oxygens (including phenoxy) is 1. The molecule has 0 aromatic rings. The van der Waals surface area contributed by atoms with Crippen LogP contribution < -0.4 is 5.32 Å². The van der Waals surface area contributed by atoms with Crippen LogP contribution in [0, 0.1) is 5.41 Å². The maximum Gasteiger partial charge on any atom is 0.317 e. The highest BCUT2D eigenvalue weighted by Crippen LogP contribution is 2.43. The average molecular weight is 256 g/mol. The van der Waals surface area contributed by atoms with Crippen LogP contribution in [0.25, 0.3) is 0 Å². The molecule has 102 valence electrons. The van der Waals surface area contributed by atoms with Gasteiger partial charge in [-0.2, -0.15) is 0 Å². The van der Waals surface area contributed by atoms with Gasteiger partial charge in [0.25, 0.3) is 0 Å². The lowest BCUT2D eigenvalue weighted by Gasteiger charge is -2.41. The molecule has 1 aliphatic carbocycles. The summed E-state index contributed by atoms with van der Waals surface area (Å²) in [5.41, 5.74) is -0.215. The molecule has 2 amide bonds. The number of hydrogen-bond acceptors (Lipinski definition) is 3. The van der Waals surface area contributed by atoms with Gasteiger partial charge in [0.15, 0.2) is 0 Å². The van der Waals surface area contributed by atoms with E-state index >= 15 is 0 Å². The summed E-state index contributed by atoms with van der Waals surface area (Å²) in [6, 6.07) is -0.102. The molecule has 1 saturated carbocycles. The van der Waals surface area contributed by atoms with Gasteiger partial charge in [0, 0.05) is 19.6 Å². The Balaban J connectivity index is 1.78. The van der Waals surface area contributed by atoms with Crippen LogP contribution in [0.5, 0.6) is 0 Å². The third kappa shape index (κ3) is 3.13. The molecule has 1 aliphatic heterocycles. The molecule has 0 bridgehead atoms. The van der Waals surface area contributed by atoms with Gasteiger partial charge in [-0.25, -0.2) is 4.79 Å². The van der Waals surface area contributed by atoms with Crippen molar-refractivity contribution in [2.45, 2.75) is 25.7 Å². The summed E-state index contributed by atoms with van der Waals surface area (Å²) in [6.45, 7) is 2.84. The van der Waals surface area contributed by atoms with Gasteiger partial charge < -0.3 is 20.1 Å². The van der Waals surface area contributed by atoms with E-state index in [2.05, 4.69) is 5.32 Å². The Morgan fingerprint density at radius 2 is 1.94 bits per heavy atom. The van der Waals surface area contributed by atoms with Crippen molar-refractivity contribution in [1.29, 1.82) is 0 Å². The zero-order valence-corrected chi connectivity index (χ0v) is 10.5. The smallest absolute Gasteiger partial charge is 0.317 e. The van der Waals surface area contributed by atoms with Crippen LogP contribution in [-0.4, -0.2) is 54.9 Å². The normalized spacial score (nSPS) is 22.1. The van der Waals surface area contributed by atoms with Crippen LogP contribution in [0.4, 0.5) is 4.79 Å². The third-order valence-corrected chi connectivity index (χ3v) is 3.85. The first-order valence-electron chi connectivity index (χ1n) is 6.44. The van der Waals surface area contributed by atoms with Gasteiger partial charge in [0.05, 0.1) is 19.6 Å². The van der Waals surface area contributed by atoms with E-state index in [9.17, 15) is 9.59 Å². The molecule has 1 saturated heterocycles.